The van der Waals surface area contributed by atoms with Gasteiger partial charge in [-0.25, -0.2) is 22.5 Å². The van der Waals surface area contributed by atoms with Gasteiger partial charge in [-0.1, -0.05) is 23.9 Å². The number of nitrogens with one attached hydrogen (secondary N) is 1. The van der Waals surface area contributed by atoms with Gasteiger partial charge in [0.15, 0.2) is 0 Å². The molecule has 2 rings (SSSR count). The van der Waals surface area contributed by atoms with Crippen LogP contribution in [0.1, 0.15) is 10.4 Å². The molecule has 0 atom stereocenters. The van der Waals surface area contributed by atoms with Crippen LogP contribution < -0.4 is 5.32 Å². The highest BCUT2D eigenvalue weighted by Gasteiger charge is 2.18. The summed E-state index contributed by atoms with van der Waals surface area (Å²) >= 11 is 1.15. The average Bonchev–Trinajstić information content (AvgIpc) is 2.66. The Hall–Kier alpha value is -2.43. The second kappa shape index (κ2) is 8.98. The number of hydrogen-bond donors (Lipinski definition) is 1. The van der Waals surface area contributed by atoms with Crippen molar-refractivity contribution in [1.29, 1.82) is 0 Å². The second-order valence-electron chi connectivity index (χ2n) is 5.49. The number of aromatic nitrogens is 1. The number of pyridine rings is 1. The summed E-state index contributed by atoms with van der Waals surface area (Å²) in [6.07, 6.45) is 1.25. The molecule has 0 bridgehead atoms. The molecule has 1 aromatic heterocycles. The zero-order valence-electron chi connectivity index (χ0n) is 15.0. The zero-order chi connectivity index (χ0) is 20.0. The third-order valence-corrected chi connectivity index (χ3v) is 6.19. The van der Waals surface area contributed by atoms with Crippen molar-refractivity contribution in [1.82, 2.24) is 9.29 Å². The summed E-state index contributed by atoms with van der Waals surface area (Å²) in [5.74, 6) is -0.830. The van der Waals surface area contributed by atoms with Crippen LogP contribution in [0.25, 0.3) is 0 Å². The van der Waals surface area contributed by atoms with E-state index in [9.17, 15) is 18.0 Å². The van der Waals surface area contributed by atoms with Crippen LogP contribution in [0.15, 0.2) is 52.5 Å². The van der Waals surface area contributed by atoms with Gasteiger partial charge in [0.1, 0.15) is 4.90 Å². The topological polar surface area (TPSA) is 106 Å². The first-order valence-electron chi connectivity index (χ1n) is 7.74. The van der Waals surface area contributed by atoms with Crippen LogP contribution >= 0.6 is 11.8 Å². The third-order valence-electron chi connectivity index (χ3n) is 3.45. The van der Waals surface area contributed by atoms with E-state index in [1.165, 1.54) is 39.5 Å². The molecule has 27 heavy (non-hydrogen) atoms. The summed E-state index contributed by atoms with van der Waals surface area (Å²) in [6, 6.07) is 9.50. The molecule has 1 N–H and O–H groups in total. The lowest BCUT2D eigenvalue weighted by molar-refractivity contribution is -0.113. The Morgan fingerprint density at radius 1 is 1.19 bits per heavy atom. The smallest absolute Gasteiger partial charge is 0.339 e. The monoisotopic (exact) mass is 409 g/mol. The molecule has 0 radical (unpaired) electrons. The molecule has 0 aliphatic heterocycles. The molecular weight excluding hydrogens is 390 g/mol. The first-order valence-corrected chi connectivity index (χ1v) is 10.2. The van der Waals surface area contributed by atoms with Crippen LogP contribution in [0.5, 0.6) is 0 Å². The van der Waals surface area contributed by atoms with E-state index in [1.807, 2.05) is 0 Å². The summed E-state index contributed by atoms with van der Waals surface area (Å²) in [5.41, 5.74) is 0.616. The molecule has 144 valence electrons. The molecule has 0 aliphatic carbocycles. The summed E-state index contributed by atoms with van der Waals surface area (Å²) < 4.78 is 29.8. The predicted molar refractivity (Wildman–Crippen MR) is 102 cm³/mol. The number of ether oxygens (including phenoxy) is 1. The molecule has 1 heterocycles. The van der Waals surface area contributed by atoms with E-state index >= 15 is 0 Å². The zero-order valence-corrected chi connectivity index (χ0v) is 16.6. The van der Waals surface area contributed by atoms with Gasteiger partial charge in [0.25, 0.3) is 0 Å². The minimum atomic E-state index is -3.54. The molecule has 0 spiro atoms. The Bertz CT molecular complexity index is 928. The van der Waals surface area contributed by atoms with Gasteiger partial charge in [-0.05, 0) is 24.3 Å². The lowest BCUT2D eigenvalue weighted by Gasteiger charge is -2.11. The van der Waals surface area contributed by atoms with Crippen molar-refractivity contribution in [3.8, 4) is 0 Å². The maximum atomic E-state index is 12.2. The van der Waals surface area contributed by atoms with Gasteiger partial charge in [-0.2, -0.15) is 0 Å². The Labute approximate surface area is 162 Å². The van der Waals surface area contributed by atoms with Crippen molar-refractivity contribution < 1.29 is 22.7 Å². The number of rotatable bonds is 7. The number of benzene rings is 1. The first kappa shape index (κ1) is 20.9. The van der Waals surface area contributed by atoms with Gasteiger partial charge in [-0.3, -0.25) is 4.79 Å². The summed E-state index contributed by atoms with van der Waals surface area (Å²) in [4.78, 5) is 28.0. The van der Waals surface area contributed by atoms with Crippen molar-refractivity contribution in [3.63, 3.8) is 0 Å². The number of methoxy groups -OCH3 is 1. The van der Waals surface area contributed by atoms with E-state index in [2.05, 4.69) is 15.0 Å². The van der Waals surface area contributed by atoms with Gasteiger partial charge in [-0.15, -0.1) is 0 Å². The van der Waals surface area contributed by atoms with Crippen LogP contribution in [-0.2, 0) is 19.6 Å². The van der Waals surface area contributed by atoms with Crippen LogP contribution in [0.4, 0.5) is 5.69 Å². The Kier molecular flexibility index (Phi) is 6.94. The highest BCUT2D eigenvalue weighted by atomic mass is 32.2. The van der Waals surface area contributed by atoms with Gasteiger partial charge in [0.2, 0.25) is 15.9 Å². The molecule has 10 heteroatoms. The van der Waals surface area contributed by atoms with Crippen molar-refractivity contribution in [2.45, 2.75) is 9.92 Å². The van der Waals surface area contributed by atoms with Gasteiger partial charge in [0.05, 0.1) is 29.1 Å². The number of hydrogen-bond acceptors (Lipinski definition) is 7. The maximum absolute atomic E-state index is 12.2. The highest BCUT2D eigenvalue weighted by Crippen LogP contribution is 2.20. The molecule has 2 aromatic rings. The predicted octanol–water partition coefficient (Wildman–Crippen LogP) is 1.85. The maximum Gasteiger partial charge on any atom is 0.339 e. The lowest BCUT2D eigenvalue weighted by atomic mass is 10.2. The lowest BCUT2D eigenvalue weighted by Crippen LogP contribution is -2.22. The number of anilines is 1. The van der Waals surface area contributed by atoms with Gasteiger partial charge >= 0.3 is 5.97 Å². The van der Waals surface area contributed by atoms with Crippen molar-refractivity contribution in [2.24, 2.45) is 0 Å². The van der Waals surface area contributed by atoms with Crippen molar-refractivity contribution >= 4 is 39.3 Å². The minimum Gasteiger partial charge on any atom is -0.465 e. The molecular formula is C17H19N3O5S2. The Morgan fingerprint density at radius 3 is 2.48 bits per heavy atom. The standard InChI is InChI=1S/C17H19N3O5S2/c1-20(2)27(23,24)12-8-9-16(18-10-12)26-11-15(21)19-14-7-5-4-6-13(14)17(22)25-3/h4-10H,11H2,1-3H3,(H,19,21). The average molecular weight is 409 g/mol. The van der Waals surface area contributed by atoms with Crippen LogP contribution in [0.2, 0.25) is 0 Å². The van der Waals surface area contributed by atoms with E-state index in [4.69, 9.17) is 0 Å². The number of carbonyl (C=O) groups is 2. The molecule has 0 fully saturated rings. The normalized spacial score (nSPS) is 11.3. The van der Waals surface area contributed by atoms with E-state index in [-0.39, 0.29) is 22.1 Å². The number of esters is 1. The third kappa shape index (κ3) is 5.28. The number of sulfonamides is 1. The van der Waals surface area contributed by atoms with Crippen LogP contribution in [0, 0.1) is 0 Å². The molecule has 0 saturated carbocycles. The van der Waals surface area contributed by atoms with E-state index in [0.717, 1.165) is 16.1 Å². The largest absolute Gasteiger partial charge is 0.465 e. The number of amides is 1. The minimum absolute atomic E-state index is 0.0439. The van der Waals surface area contributed by atoms with Crippen molar-refractivity contribution in [3.05, 3.63) is 48.2 Å². The molecule has 0 aliphatic rings. The fourth-order valence-electron chi connectivity index (χ4n) is 2.02. The molecule has 0 saturated heterocycles. The second-order valence-corrected chi connectivity index (χ2v) is 8.64. The first-order chi connectivity index (χ1) is 12.8. The molecule has 8 nitrogen and oxygen atoms in total. The molecule has 1 amide bonds. The quantitative estimate of drug-likeness (QED) is 0.549. The summed E-state index contributed by atoms with van der Waals surface area (Å²) in [5, 5.41) is 3.16. The van der Waals surface area contributed by atoms with E-state index in [1.54, 1.807) is 24.3 Å². The summed E-state index contributed by atoms with van der Waals surface area (Å²) in [7, 11) is 0.602. The van der Waals surface area contributed by atoms with Crippen molar-refractivity contribution in [2.75, 3.05) is 32.3 Å². The highest BCUT2D eigenvalue weighted by molar-refractivity contribution is 7.99. The number of para-hydroxylation sites is 1. The summed E-state index contributed by atoms with van der Waals surface area (Å²) in [6.45, 7) is 0. The number of thioether (sulfide) groups is 1. The van der Waals surface area contributed by atoms with E-state index < -0.39 is 16.0 Å². The van der Waals surface area contributed by atoms with Gasteiger partial charge in [0, 0.05) is 20.3 Å². The van der Waals surface area contributed by atoms with Gasteiger partial charge < -0.3 is 10.1 Å². The number of carbonyl (C=O) groups excluding carboxylic acids is 2. The van der Waals surface area contributed by atoms with Crippen LogP contribution in [0.3, 0.4) is 0 Å². The van der Waals surface area contributed by atoms with E-state index in [0.29, 0.717) is 10.7 Å². The Morgan fingerprint density at radius 2 is 1.89 bits per heavy atom. The van der Waals surface area contributed by atoms with Crippen LogP contribution in [-0.4, -0.2) is 56.5 Å². The molecule has 1 aromatic carbocycles. The molecule has 0 unspecified atom stereocenters. The Balaban J connectivity index is 2.00. The SMILES string of the molecule is COC(=O)c1ccccc1NC(=O)CSc1ccc(S(=O)(=O)N(C)C)cn1. The number of nitrogens with zero attached hydrogens (tertiary/aromatic N) is 2. The fourth-order valence-corrected chi connectivity index (χ4v) is 3.51. The fraction of sp³-hybridized carbons (Fsp3) is 0.235.